The molecule has 2 rings (SSSR count). The van der Waals surface area contributed by atoms with Crippen LogP contribution in [0.5, 0.6) is 5.75 Å². The van der Waals surface area contributed by atoms with E-state index in [1.165, 1.54) is 12.7 Å². The molecule has 0 aliphatic carbocycles. The van der Waals surface area contributed by atoms with Crippen LogP contribution in [0.2, 0.25) is 0 Å². The van der Waals surface area contributed by atoms with Crippen LogP contribution in [0.15, 0.2) is 24.3 Å². The molecule has 21 heavy (non-hydrogen) atoms. The zero-order valence-corrected chi connectivity index (χ0v) is 12.6. The van der Waals surface area contributed by atoms with E-state index >= 15 is 0 Å². The fraction of sp³-hybridized carbons (Fsp3) is 0.562. The van der Waals surface area contributed by atoms with E-state index in [1.807, 2.05) is 24.3 Å². The lowest BCUT2D eigenvalue weighted by Crippen LogP contribution is -2.39. The second kappa shape index (κ2) is 8.00. The molecule has 1 aliphatic rings. The number of hydrogen-bond acceptors (Lipinski definition) is 5. The Morgan fingerprint density at radius 3 is 2.81 bits per heavy atom. The molecule has 1 aromatic rings. The van der Waals surface area contributed by atoms with Crippen molar-refractivity contribution in [2.75, 3.05) is 33.4 Å². The zero-order valence-electron chi connectivity index (χ0n) is 12.6. The highest BCUT2D eigenvalue weighted by Crippen LogP contribution is 2.18. The summed E-state index contributed by atoms with van der Waals surface area (Å²) < 4.78 is 10.6. The van der Waals surface area contributed by atoms with Crippen LogP contribution in [0.4, 0.5) is 0 Å². The minimum Gasteiger partial charge on any atom is -0.492 e. The van der Waals surface area contributed by atoms with Gasteiger partial charge in [0.15, 0.2) is 0 Å². The molecule has 0 aromatic heterocycles. The van der Waals surface area contributed by atoms with Crippen LogP contribution in [-0.4, -0.2) is 50.3 Å². The van der Waals surface area contributed by atoms with Gasteiger partial charge in [0.25, 0.3) is 0 Å². The monoisotopic (exact) mass is 292 g/mol. The van der Waals surface area contributed by atoms with E-state index < -0.39 is 0 Å². The molecule has 1 aliphatic heterocycles. The number of hydrogen-bond donors (Lipinski definition) is 1. The van der Waals surface area contributed by atoms with E-state index in [0.29, 0.717) is 13.2 Å². The van der Waals surface area contributed by atoms with Gasteiger partial charge in [0, 0.05) is 6.54 Å². The first-order valence-corrected chi connectivity index (χ1v) is 7.48. The van der Waals surface area contributed by atoms with Crippen LogP contribution in [0, 0.1) is 0 Å². The lowest BCUT2D eigenvalue weighted by atomic mass is 10.1. The van der Waals surface area contributed by atoms with Gasteiger partial charge < -0.3 is 15.2 Å². The third-order valence-electron chi connectivity index (χ3n) is 3.84. The number of rotatable bonds is 7. The van der Waals surface area contributed by atoms with Crippen LogP contribution in [0.3, 0.4) is 0 Å². The highest BCUT2D eigenvalue weighted by molar-refractivity contribution is 5.75. The van der Waals surface area contributed by atoms with Crippen molar-refractivity contribution in [3.8, 4) is 5.75 Å². The van der Waals surface area contributed by atoms with Crippen molar-refractivity contribution in [1.82, 2.24) is 4.90 Å². The molecular weight excluding hydrogens is 268 g/mol. The van der Waals surface area contributed by atoms with Crippen LogP contribution in [-0.2, 0) is 16.0 Å². The first-order valence-electron chi connectivity index (χ1n) is 7.48. The first kappa shape index (κ1) is 15.8. The molecule has 0 amide bonds. The van der Waals surface area contributed by atoms with Crippen molar-refractivity contribution >= 4 is 5.97 Å². The zero-order chi connectivity index (χ0) is 15.1. The number of carbonyl (C=O) groups excluding carboxylic acids is 1. The first-order chi connectivity index (χ1) is 10.2. The smallest absolute Gasteiger partial charge is 0.323 e. The maximum atomic E-state index is 11.6. The molecule has 1 saturated heterocycles. The number of ether oxygens (including phenoxy) is 2. The van der Waals surface area contributed by atoms with Gasteiger partial charge in [-0.3, -0.25) is 9.69 Å². The van der Waals surface area contributed by atoms with E-state index in [4.69, 9.17) is 15.2 Å². The molecule has 1 unspecified atom stereocenters. The van der Waals surface area contributed by atoms with Gasteiger partial charge in [-0.15, -0.1) is 0 Å². The standard InChI is InChI=1S/C16H24N2O3/c1-20-16(19)15-3-2-10-18(15)11-12-21-14-6-4-13(5-7-14)8-9-17/h4-7,15H,2-3,8-12,17H2,1H3. The molecule has 5 nitrogen and oxygen atoms in total. The molecular formula is C16H24N2O3. The van der Waals surface area contributed by atoms with Crippen molar-refractivity contribution in [3.63, 3.8) is 0 Å². The van der Waals surface area contributed by atoms with Crippen molar-refractivity contribution in [1.29, 1.82) is 0 Å². The predicted octanol–water partition coefficient (Wildman–Crippen LogP) is 1.20. The number of methoxy groups -OCH3 is 1. The molecule has 1 fully saturated rings. The molecule has 0 bridgehead atoms. The average Bonchev–Trinajstić information content (AvgIpc) is 2.97. The van der Waals surface area contributed by atoms with Crippen molar-refractivity contribution in [2.24, 2.45) is 5.73 Å². The number of nitrogens with two attached hydrogens (primary N) is 1. The van der Waals surface area contributed by atoms with Gasteiger partial charge in [-0.2, -0.15) is 0 Å². The van der Waals surface area contributed by atoms with E-state index in [9.17, 15) is 4.79 Å². The fourth-order valence-corrected chi connectivity index (χ4v) is 2.70. The highest BCUT2D eigenvalue weighted by Gasteiger charge is 2.30. The molecule has 1 atom stereocenters. The SMILES string of the molecule is COC(=O)C1CCCN1CCOc1ccc(CCN)cc1. The van der Waals surface area contributed by atoms with Crippen molar-refractivity contribution < 1.29 is 14.3 Å². The van der Waals surface area contributed by atoms with Gasteiger partial charge in [-0.1, -0.05) is 12.1 Å². The molecule has 0 radical (unpaired) electrons. The van der Waals surface area contributed by atoms with Crippen LogP contribution < -0.4 is 10.5 Å². The fourth-order valence-electron chi connectivity index (χ4n) is 2.70. The van der Waals surface area contributed by atoms with Crippen molar-refractivity contribution in [2.45, 2.75) is 25.3 Å². The van der Waals surface area contributed by atoms with Crippen LogP contribution in [0.1, 0.15) is 18.4 Å². The molecule has 2 N–H and O–H groups in total. The lowest BCUT2D eigenvalue weighted by Gasteiger charge is -2.22. The summed E-state index contributed by atoms with van der Waals surface area (Å²) in [6.45, 7) is 2.90. The minimum atomic E-state index is -0.140. The number of nitrogens with zero attached hydrogens (tertiary/aromatic N) is 1. The summed E-state index contributed by atoms with van der Waals surface area (Å²) in [5.41, 5.74) is 6.74. The van der Waals surface area contributed by atoms with E-state index in [0.717, 1.165) is 38.1 Å². The van der Waals surface area contributed by atoms with Crippen molar-refractivity contribution in [3.05, 3.63) is 29.8 Å². The van der Waals surface area contributed by atoms with Gasteiger partial charge in [0.05, 0.1) is 7.11 Å². The Morgan fingerprint density at radius 2 is 2.14 bits per heavy atom. The quantitative estimate of drug-likeness (QED) is 0.765. The van der Waals surface area contributed by atoms with Crippen LogP contribution >= 0.6 is 0 Å². The van der Waals surface area contributed by atoms with E-state index in [1.54, 1.807) is 0 Å². The van der Waals surface area contributed by atoms with Gasteiger partial charge in [-0.05, 0) is 50.0 Å². The molecule has 0 saturated carbocycles. The van der Waals surface area contributed by atoms with Gasteiger partial charge >= 0.3 is 5.97 Å². The largest absolute Gasteiger partial charge is 0.492 e. The van der Waals surface area contributed by atoms with E-state index in [2.05, 4.69) is 4.90 Å². The third kappa shape index (κ3) is 4.44. The summed E-state index contributed by atoms with van der Waals surface area (Å²) in [5.74, 6) is 0.711. The minimum absolute atomic E-state index is 0.106. The Hall–Kier alpha value is -1.59. The predicted molar refractivity (Wildman–Crippen MR) is 81.3 cm³/mol. The Labute approximate surface area is 126 Å². The van der Waals surface area contributed by atoms with Gasteiger partial charge in [0.1, 0.15) is 18.4 Å². The lowest BCUT2D eigenvalue weighted by molar-refractivity contribution is -0.145. The number of esters is 1. The summed E-state index contributed by atoms with van der Waals surface area (Å²) in [6, 6.07) is 7.90. The summed E-state index contributed by atoms with van der Waals surface area (Å²) in [6.07, 6.45) is 2.79. The highest BCUT2D eigenvalue weighted by atomic mass is 16.5. The summed E-state index contributed by atoms with van der Waals surface area (Å²) in [5, 5.41) is 0. The second-order valence-corrected chi connectivity index (χ2v) is 5.25. The van der Waals surface area contributed by atoms with E-state index in [-0.39, 0.29) is 12.0 Å². The van der Waals surface area contributed by atoms with Gasteiger partial charge in [-0.25, -0.2) is 0 Å². The Bertz CT molecular complexity index is 447. The molecule has 0 spiro atoms. The topological polar surface area (TPSA) is 64.8 Å². The average molecular weight is 292 g/mol. The number of likely N-dealkylation sites (tertiary alicyclic amines) is 1. The number of benzene rings is 1. The molecule has 1 aromatic carbocycles. The molecule has 5 heteroatoms. The maximum Gasteiger partial charge on any atom is 0.323 e. The Morgan fingerprint density at radius 1 is 1.38 bits per heavy atom. The third-order valence-corrected chi connectivity index (χ3v) is 3.84. The molecule has 1 heterocycles. The Kier molecular flexibility index (Phi) is 6.02. The second-order valence-electron chi connectivity index (χ2n) is 5.25. The summed E-state index contributed by atoms with van der Waals surface area (Å²) in [4.78, 5) is 13.8. The maximum absolute atomic E-state index is 11.6. The summed E-state index contributed by atoms with van der Waals surface area (Å²) in [7, 11) is 1.44. The Balaban J connectivity index is 1.77. The molecule has 116 valence electrons. The normalized spacial score (nSPS) is 18.7. The van der Waals surface area contributed by atoms with Crippen LogP contribution in [0.25, 0.3) is 0 Å². The van der Waals surface area contributed by atoms with Gasteiger partial charge in [0.2, 0.25) is 0 Å². The summed E-state index contributed by atoms with van der Waals surface area (Å²) >= 11 is 0. The number of carbonyl (C=O) groups is 1.